The van der Waals surface area contributed by atoms with Crippen LogP contribution in [0.3, 0.4) is 0 Å². The molecule has 24 heavy (non-hydrogen) atoms. The van der Waals surface area contributed by atoms with Crippen LogP contribution >= 0.6 is 0 Å². The van der Waals surface area contributed by atoms with E-state index < -0.39 is 32.8 Å². The first-order valence-corrected chi connectivity index (χ1v) is 9.66. The molecule has 1 aromatic rings. The van der Waals surface area contributed by atoms with E-state index in [2.05, 4.69) is 6.58 Å². The molecule has 3 rings (SSSR count). The van der Waals surface area contributed by atoms with Gasteiger partial charge in [0, 0.05) is 0 Å². The van der Waals surface area contributed by atoms with Crippen molar-refractivity contribution in [3.63, 3.8) is 0 Å². The van der Waals surface area contributed by atoms with E-state index in [9.17, 15) is 13.2 Å². The second-order valence-electron chi connectivity index (χ2n) is 7.40. The highest BCUT2D eigenvalue weighted by Gasteiger charge is 2.57. The van der Waals surface area contributed by atoms with E-state index in [-0.39, 0.29) is 10.9 Å². The third-order valence-corrected chi connectivity index (χ3v) is 6.80. The molecule has 2 saturated heterocycles. The Labute approximate surface area is 143 Å². The van der Waals surface area contributed by atoms with Crippen molar-refractivity contribution in [3.8, 4) is 0 Å². The van der Waals surface area contributed by atoms with Gasteiger partial charge in [-0.25, -0.2) is 13.2 Å². The Kier molecular flexibility index (Phi) is 3.98. The minimum atomic E-state index is -3.58. The Morgan fingerprint density at radius 1 is 1.21 bits per heavy atom. The van der Waals surface area contributed by atoms with Gasteiger partial charge in [-0.05, 0) is 51.3 Å². The van der Waals surface area contributed by atoms with E-state index in [1.807, 2.05) is 0 Å². The van der Waals surface area contributed by atoms with E-state index in [0.29, 0.717) is 12.0 Å². The second-order valence-corrected chi connectivity index (χ2v) is 9.47. The van der Waals surface area contributed by atoms with Crippen LogP contribution in [-0.2, 0) is 14.6 Å². The van der Waals surface area contributed by atoms with E-state index in [0.717, 1.165) is 6.42 Å². The molecule has 2 heterocycles. The van der Waals surface area contributed by atoms with Gasteiger partial charge in [0.2, 0.25) is 0 Å². The monoisotopic (exact) mass is 349 g/mol. The highest BCUT2D eigenvalue weighted by atomic mass is 32.2. The minimum absolute atomic E-state index is 0.256. The first-order chi connectivity index (χ1) is 11.1. The van der Waals surface area contributed by atoms with Crippen LogP contribution in [0.5, 0.6) is 0 Å². The van der Waals surface area contributed by atoms with Crippen molar-refractivity contribution in [2.24, 2.45) is 0 Å². The molecule has 1 amide bonds. The first kappa shape index (κ1) is 17.0. The number of amides is 1. The number of rotatable bonds is 2. The zero-order valence-electron chi connectivity index (χ0n) is 14.2. The summed E-state index contributed by atoms with van der Waals surface area (Å²) in [5.74, 6) is 0. The van der Waals surface area contributed by atoms with Gasteiger partial charge in [0.25, 0.3) is 0 Å². The van der Waals surface area contributed by atoms with Gasteiger partial charge in [0.05, 0.1) is 17.0 Å². The summed E-state index contributed by atoms with van der Waals surface area (Å²) in [6.07, 6.45) is 0.936. The third kappa shape index (κ3) is 2.73. The summed E-state index contributed by atoms with van der Waals surface area (Å²) in [5, 5.41) is -0.758. The number of fused-ring (bicyclic) bond motifs is 2. The highest BCUT2D eigenvalue weighted by Crippen LogP contribution is 2.46. The molecule has 2 fully saturated rings. The summed E-state index contributed by atoms with van der Waals surface area (Å²) in [4.78, 5) is 14.4. The number of nitrogens with zero attached hydrogens (tertiary/aromatic N) is 1. The molecule has 0 spiro atoms. The minimum Gasteiger partial charge on any atom is -0.444 e. The van der Waals surface area contributed by atoms with Crippen LogP contribution < -0.4 is 0 Å². The van der Waals surface area contributed by atoms with Crippen LogP contribution in [0.25, 0.3) is 0 Å². The lowest BCUT2D eigenvalue weighted by Crippen LogP contribution is -2.42. The fourth-order valence-corrected chi connectivity index (χ4v) is 5.74. The number of hydrogen-bond donors (Lipinski definition) is 0. The van der Waals surface area contributed by atoms with E-state index in [1.165, 1.54) is 0 Å². The largest absolute Gasteiger partial charge is 0.444 e. The SMILES string of the molecule is C=C1[C@H]2CC[C@@H]([C@H]1S(=O)(=O)c1ccccc1)N2C(=O)OC(C)(C)C. The molecule has 2 aliphatic rings. The molecule has 2 aliphatic heterocycles. The molecule has 3 atom stereocenters. The van der Waals surface area contributed by atoms with Crippen LogP contribution in [0.4, 0.5) is 4.79 Å². The molecule has 6 heteroatoms. The maximum Gasteiger partial charge on any atom is 0.411 e. The zero-order chi connectivity index (χ0) is 17.7. The van der Waals surface area contributed by atoms with E-state index in [1.54, 1.807) is 56.0 Å². The van der Waals surface area contributed by atoms with Crippen molar-refractivity contribution in [1.82, 2.24) is 4.90 Å². The number of carbonyl (C=O) groups is 1. The number of ether oxygens (including phenoxy) is 1. The van der Waals surface area contributed by atoms with Crippen LogP contribution in [-0.4, -0.2) is 42.3 Å². The van der Waals surface area contributed by atoms with Gasteiger partial charge in [-0.15, -0.1) is 0 Å². The van der Waals surface area contributed by atoms with E-state index in [4.69, 9.17) is 4.74 Å². The second kappa shape index (κ2) is 5.62. The van der Waals surface area contributed by atoms with Crippen molar-refractivity contribution in [2.75, 3.05) is 0 Å². The van der Waals surface area contributed by atoms with Crippen molar-refractivity contribution < 1.29 is 17.9 Å². The summed E-state index contributed by atoms with van der Waals surface area (Å²) in [5.41, 5.74) is -0.0187. The van der Waals surface area contributed by atoms with Gasteiger partial charge < -0.3 is 4.74 Å². The Balaban J connectivity index is 1.93. The molecule has 5 nitrogen and oxygen atoms in total. The predicted molar refractivity (Wildman–Crippen MR) is 91.4 cm³/mol. The van der Waals surface area contributed by atoms with Crippen molar-refractivity contribution in [2.45, 2.75) is 61.4 Å². The Morgan fingerprint density at radius 3 is 2.42 bits per heavy atom. The summed E-state index contributed by atoms with van der Waals surface area (Å²) >= 11 is 0. The molecule has 0 N–H and O–H groups in total. The lowest BCUT2D eigenvalue weighted by molar-refractivity contribution is 0.0225. The standard InChI is InChI=1S/C18H23NO4S/c1-12-14-10-11-15(19(14)17(20)23-18(2,3)4)16(12)24(21,22)13-8-6-5-7-9-13/h5-9,14-16H,1,10-11H2,2-4H3/t14-,15+,16+/m1/s1. The summed E-state index contributed by atoms with van der Waals surface area (Å²) in [7, 11) is -3.58. The summed E-state index contributed by atoms with van der Waals surface area (Å²) in [6, 6.07) is 7.71. The average Bonchev–Trinajstić information content (AvgIpc) is 3.02. The Morgan fingerprint density at radius 2 is 1.83 bits per heavy atom. The van der Waals surface area contributed by atoms with Crippen molar-refractivity contribution in [3.05, 3.63) is 42.5 Å². The van der Waals surface area contributed by atoms with Crippen LogP contribution in [0.1, 0.15) is 33.6 Å². The number of benzene rings is 1. The third-order valence-electron chi connectivity index (χ3n) is 4.58. The number of hydrogen-bond acceptors (Lipinski definition) is 4. The normalized spacial score (nSPS) is 26.7. The molecule has 0 aromatic heterocycles. The maximum absolute atomic E-state index is 13.0. The smallest absolute Gasteiger partial charge is 0.411 e. The topological polar surface area (TPSA) is 63.7 Å². The van der Waals surface area contributed by atoms with Crippen LogP contribution in [0.15, 0.2) is 47.4 Å². The van der Waals surface area contributed by atoms with Gasteiger partial charge in [0.15, 0.2) is 9.84 Å². The van der Waals surface area contributed by atoms with Crippen molar-refractivity contribution >= 4 is 15.9 Å². The molecule has 2 bridgehead atoms. The molecule has 0 unspecified atom stereocenters. The fraction of sp³-hybridized carbons (Fsp3) is 0.500. The molecule has 130 valence electrons. The molecule has 0 aliphatic carbocycles. The molecular weight excluding hydrogens is 326 g/mol. The lowest BCUT2D eigenvalue weighted by atomic mass is 9.96. The summed E-state index contributed by atoms with van der Waals surface area (Å²) in [6.45, 7) is 9.42. The van der Waals surface area contributed by atoms with Gasteiger partial charge in [0.1, 0.15) is 10.9 Å². The Bertz CT molecular complexity index is 764. The number of sulfone groups is 1. The van der Waals surface area contributed by atoms with Crippen LogP contribution in [0, 0.1) is 0 Å². The maximum atomic E-state index is 13.0. The quantitative estimate of drug-likeness (QED) is 0.769. The summed E-state index contributed by atoms with van der Waals surface area (Å²) < 4.78 is 31.6. The molecular formula is C18H23NO4S. The first-order valence-electron chi connectivity index (χ1n) is 8.12. The molecule has 0 saturated carbocycles. The van der Waals surface area contributed by atoms with Gasteiger partial charge in [-0.1, -0.05) is 24.8 Å². The molecule has 1 aromatic carbocycles. The van der Waals surface area contributed by atoms with Crippen molar-refractivity contribution in [1.29, 1.82) is 0 Å². The number of carbonyl (C=O) groups excluding carboxylic acids is 1. The van der Waals surface area contributed by atoms with Gasteiger partial charge in [-0.3, -0.25) is 4.90 Å². The van der Waals surface area contributed by atoms with E-state index >= 15 is 0 Å². The zero-order valence-corrected chi connectivity index (χ0v) is 15.0. The van der Waals surface area contributed by atoms with Gasteiger partial charge >= 0.3 is 6.09 Å². The highest BCUT2D eigenvalue weighted by molar-refractivity contribution is 7.92. The predicted octanol–water partition coefficient (Wildman–Crippen LogP) is 3.17. The fourth-order valence-electron chi connectivity index (χ4n) is 3.68. The molecule has 0 radical (unpaired) electrons. The van der Waals surface area contributed by atoms with Gasteiger partial charge in [-0.2, -0.15) is 0 Å². The average molecular weight is 349 g/mol. The Hall–Kier alpha value is -1.82. The van der Waals surface area contributed by atoms with Crippen LogP contribution in [0.2, 0.25) is 0 Å². The lowest BCUT2D eigenvalue weighted by Gasteiger charge is -2.27.